The average molecular weight is 307 g/mol. The van der Waals surface area contributed by atoms with Gasteiger partial charge in [-0.25, -0.2) is 0 Å². The topological polar surface area (TPSA) is 0 Å². The summed E-state index contributed by atoms with van der Waals surface area (Å²) in [5.41, 5.74) is 3.10. The molecule has 22 heavy (non-hydrogen) atoms. The van der Waals surface area contributed by atoms with E-state index >= 15 is 0 Å². The van der Waals surface area contributed by atoms with Crippen LogP contribution >= 0.6 is 0 Å². The monoisotopic (exact) mass is 306 g/mol. The Hall–Kier alpha value is -0.520. The van der Waals surface area contributed by atoms with Crippen molar-refractivity contribution in [3.63, 3.8) is 0 Å². The lowest BCUT2D eigenvalue weighted by molar-refractivity contribution is 0.305. The van der Waals surface area contributed by atoms with Crippen LogP contribution in [0.3, 0.4) is 0 Å². The smallest absolute Gasteiger partial charge is 0.0231 e. The van der Waals surface area contributed by atoms with E-state index in [0.29, 0.717) is 5.92 Å². The fraction of sp³-hybridized carbons (Fsp3) is 0.818. The molecule has 0 amide bonds. The molecular weight excluding hydrogens is 264 g/mol. The van der Waals surface area contributed by atoms with E-state index in [0.717, 1.165) is 17.8 Å². The van der Waals surface area contributed by atoms with E-state index in [4.69, 9.17) is 0 Å². The third-order valence-corrected chi connectivity index (χ3v) is 5.49. The van der Waals surface area contributed by atoms with Crippen LogP contribution in [0.25, 0.3) is 0 Å². The lowest BCUT2D eigenvalue weighted by Crippen LogP contribution is -2.11. The molecule has 0 rings (SSSR count). The van der Waals surface area contributed by atoms with Gasteiger partial charge in [0.15, 0.2) is 0 Å². The lowest BCUT2D eigenvalue weighted by atomic mass is 9.83. The molecule has 0 N–H and O–H groups in total. The zero-order valence-electron chi connectivity index (χ0n) is 16.7. The largest absolute Gasteiger partial charge is 0.0708 e. The van der Waals surface area contributed by atoms with Crippen molar-refractivity contribution in [3.05, 3.63) is 23.3 Å². The summed E-state index contributed by atoms with van der Waals surface area (Å²) in [5, 5.41) is 0. The Labute approximate surface area is 141 Å². The summed E-state index contributed by atoms with van der Waals surface area (Å²) < 4.78 is 0. The maximum absolute atomic E-state index is 2.45. The Kier molecular flexibility index (Phi) is 11.7. The van der Waals surface area contributed by atoms with Gasteiger partial charge < -0.3 is 0 Å². The number of allylic oxidation sites excluding steroid dienone is 4. The summed E-state index contributed by atoms with van der Waals surface area (Å²) in [5.74, 6) is 3.28. The van der Waals surface area contributed by atoms with Crippen molar-refractivity contribution in [2.45, 2.75) is 93.9 Å². The third-order valence-electron chi connectivity index (χ3n) is 5.49. The average Bonchev–Trinajstić information content (AvgIpc) is 2.50. The van der Waals surface area contributed by atoms with Gasteiger partial charge in [0.1, 0.15) is 0 Å². The van der Waals surface area contributed by atoms with Crippen LogP contribution in [0, 0.1) is 23.7 Å². The van der Waals surface area contributed by atoms with Gasteiger partial charge in [-0.1, -0.05) is 84.6 Å². The van der Waals surface area contributed by atoms with E-state index in [1.165, 1.54) is 38.5 Å². The van der Waals surface area contributed by atoms with Gasteiger partial charge in [0.2, 0.25) is 0 Å². The number of rotatable bonds is 11. The summed E-state index contributed by atoms with van der Waals surface area (Å²) in [6.45, 7) is 18.8. The second kappa shape index (κ2) is 12.0. The Balaban J connectivity index is 4.28. The van der Waals surface area contributed by atoms with Gasteiger partial charge in [-0.05, 0) is 56.3 Å². The second-order valence-electron chi connectivity index (χ2n) is 7.85. The fourth-order valence-electron chi connectivity index (χ4n) is 2.81. The summed E-state index contributed by atoms with van der Waals surface area (Å²) >= 11 is 0. The molecule has 0 aromatic rings. The molecule has 0 fully saturated rings. The molecule has 0 heterocycles. The summed E-state index contributed by atoms with van der Waals surface area (Å²) in [7, 11) is 0. The first-order valence-electron chi connectivity index (χ1n) is 9.67. The molecular formula is C22H42. The van der Waals surface area contributed by atoms with Gasteiger partial charge in [-0.3, -0.25) is 0 Å². The van der Waals surface area contributed by atoms with Gasteiger partial charge in [0, 0.05) is 0 Å². The normalized spacial score (nSPS) is 16.5. The van der Waals surface area contributed by atoms with Crippen LogP contribution in [0.5, 0.6) is 0 Å². The van der Waals surface area contributed by atoms with E-state index in [-0.39, 0.29) is 0 Å². The van der Waals surface area contributed by atoms with Gasteiger partial charge in [-0.2, -0.15) is 0 Å². The zero-order chi connectivity index (χ0) is 17.1. The van der Waals surface area contributed by atoms with Crippen LogP contribution in [0.2, 0.25) is 0 Å². The maximum atomic E-state index is 2.45. The first-order chi connectivity index (χ1) is 10.3. The van der Waals surface area contributed by atoms with Gasteiger partial charge in [0.25, 0.3) is 0 Å². The lowest BCUT2D eigenvalue weighted by Gasteiger charge is -2.22. The van der Waals surface area contributed by atoms with Crippen molar-refractivity contribution in [2.24, 2.45) is 23.7 Å². The minimum atomic E-state index is 0.714. The first kappa shape index (κ1) is 21.5. The van der Waals surface area contributed by atoms with Crippen LogP contribution in [0.4, 0.5) is 0 Å². The van der Waals surface area contributed by atoms with Crippen molar-refractivity contribution in [1.29, 1.82) is 0 Å². The van der Waals surface area contributed by atoms with Crippen LogP contribution in [0.1, 0.15) is 93.9 Å². The number of hydrogen-bond acceptors (Lipinski definition) is 0. The Morgan fingerprint density at radius 2 is 1.23 bits per heavy atom. The quantitative estimate of drug-likeness (QED) is 0.341. The highest BCUT2D eigenvalue weighted by molar-refractivity contribution is 5.17. The molecule has 0 bridgehead atoms. The van der Waals surface area contributed by atoms with Crippen LogP contribution < -0.4 is 0 Å². The van der Waals surface area contributed by atoms with Crippen LogP contribution in [-0.2, 0) is 0 Å². The molecule has 0 aliphatic rings. The van der Waals surface area contributed by atoms with Crippen molar-refractivity contribution >= 4 is 0 Å². The van der Waals surface area contributed by atoms with E-state index in [1.807, 2.05) is 0 Å². The van der Waals surface area contributed by atoms with Gasteiger partial charge in [-0.15, -0.1) is 0 Å². The predicted molar refractivity (Wildman–Crippen MR) is 103 cm³/mol. The Morgan fingerprint density at radius 3 is 1.68 bits per heavy atom. The van der Waals surface area contributed by atoms with Crippen molar-refractivity contribution < 1.29 is 0 Å². The molecule has 3 atom stereocenters. The minimum Gasteiger partial charge on any atom is -0.0708 e. The molecule has 0 nitrogen and oxygen atoms in total. The predicted octanol–water partition coefficient (Wildman–Crippen LogP) is 7.80. The summed E-state index contributed by atoms with van der Waals surface area (Å²) in [6.07, 6.45) is 12.5. The minimum absolute atomic E-state index is 0.714. The van der Waals surface area contributed by atoms with E-state index in [1.54, 1.807) is 11.1 Å². The standard InChI is InChI=1S/C22H42/c1-9-22(10-2)16-15-21(8)20(7)14-13-19(6)18(5)12-11-17(3)4/h15-20H,9-14H2,1-8H3/b21-15+. The molecule has 0 heteroatoms. The molecule has 130 valence electrons. The molecule has 3 unspecified atom stereocenters. The molecule has 0 saturated carbocycles. The van der Waals surface area contributed by atoms with Crippen molar-refractivity contribution in [1.82, 2.24) is 0 Å². The second-order valence-corrected chi connectivity index (χ2v) is 7.85. The van der Waals surface area contributed by atoms with Crippen LogP contribution in [0.15, 0.2) is 23.3 Å². The molecule has 0 aromatic heterocycles. The fourth-order valence-corrected chi connectivity index (χ4v) is 2.81. The molecule has 0 spiro atoms. The third kappa shape index (κ3) is 9.49. The van der Waals surface area contributed by atoms with E-state index in [9.17, 15) is 0 Å². The van der Waals surface area contributed by atoms with Gasteiger partial charge >= 0.3 is 0 Å². The van der Waals surface area contributed by atoms with E-state index < -0.39 is 0 Å². The molecule has 0 saturated heterocycles. The highest BCUT2D eigenvalue weighted by atomic mass is 14.2. The molecule has 0 aliphatic carbocycles. The van der Waals surface area contributed by atoms with Crippen molar-refractivity contribution in [3.8, 4) is 0 Å². The molecule has 0 aromatic carbocycles. The number of hydrogen-bond donors (Lipinski definition) is 0. The molecule has 0 radical (unpaired) electrons. The highest BCUT2D eigenvalue weighted by Gasteiger charge is 2.14. The van der Waals surface area contributed by atoms with E-state index in [2.05, 4.69) is 67.5 Å². The first-order valence-corrected chi connectivity index (χ1v) is 9.67. The zero-order valence-corrected chi connectivity index (χ0v) is 16.7. The van der Waals surface area contributed by atoms with Gasteiger partial charge in [0.05, 0.1) is 0 Å². The highest BCUT2D eigenvalue weighted by Crippen LogP contribution is 2.27. The summed E-state index contributed by atoms with van der Waals surface area (Å²) in [6, 6.07) is 0. The SMILES string of the molecule is CCC(=C/C=C(\C)C(C)CCC(C)C(C)CCC(C)C)CC. The van der Waals surface area contributed by atoms with Crippen LogP contribution in [-0.4, -0.2) is 0 Å². The Bertz CT molecular complexity index is 326. The molecule has 0 aliphatic heterocycles. The summed E-state index contributed by atoms with van der Waals surface area (Å²) in [4.78, 5) is 0. The maximum Gasteiger partial charge on any atom is -0.0231 e. The Morgan fingerprint density at radius 1 is 0.727 bits per heavy atom. The van der Waals surface area contributed by atoms with Crippen molar-refractivity contribution in [2.75, 3.05) is 0 Å².